The average molecular weight is 442 g/mol. The summed E-state index contributed by atoms with van der Waals surface area (Å²) in [7, 11) is 0. The average Bonchev–Trinajstić information content (AvgIpc) is 2.70. The van der Waals surface area contributed by atoms with Gasteiger partial charge in [0.2, 0.25) is 0 Å². The fraction of sp³-hybridized carbons (Fsp3) is 0.238. The number of aromatic hydroxyl groups is 1. The summed E-state index contributed by atoms with van der Waals surface area (Å²) in [5.74, 6) is -0.978. The standard InChI is InChI=1S/C21H20BrN3O3/c22-13-4-9-17-16(12-13)19(26)18(21(28)24-17)20(27)23-14-5-7-15(8-6-14)25-10-2-1-3-11-25/h4-9,12H,1-3,10-11H2,(H,23,27)(H2,24,26,28). The SMILES string of the molecule is O=C(Nc1ccc(N2CCCCC2)cc1)c1c(O)c2cc(Br)ccc2[nH]c1=O. The number of aromatic amines is 1. The molecule has 6 nitrogen and oxygen atoms in total. The smallest absolute Gasteiger partial charge is 0.265 e. The molecule has 144 valence electrons. The molecule has 0 spiro atoms. The van der Waals surface area contributed by atoms with Gasteiger partial charge in [-0.2, -0.15) is 0 Å². The monoisotopic (exact) mass is 441 g/mol. The fourth-order valence-electron chi connectivity index (χ4n) is 3.56. The number of carbonyl (C=O) groups excluding carboxylic acids is 1. The van der Waals surface area contributed by atoms with Crippen LogP contribution >= 0.6 is 15.9 Å². The second kappa shape index (κ2) is 7.67. The number of piperidine rings is 1. The number of anilines is 2. The van der Waals surface area contributed by atoms with Gasteiger partial charge in [-0.3, -0.25) is 9.59 Å². The zero-order valence-electron chi connectivity index (χ0n) is 15.2. The first-order chi connectivity index (χ1) is 13.5. The molecule has 0 unspecified atom stereocenters. The van der Waals surface area contributed by atoms with E-state index in [0.717, 1.165) is 23.2 Å². The van der Waals surface area contributed by atoms with Gasteiger partial charge in [-0.15, -0.1) is 0 Å². The van der Waals surface area contributed by atoms with Crippen LogP contribution in [0.4, 0.5) is 11.4 Å². The highest BCUT2D eigenvalue weighted by atomic mass is 79.9. The molecule has 1 aliphatic heterocycles. The van der Waals surface area contributed by atoms with Gasteiger partial charge in [0.1, 0.15) is 11.3 Å². The van der Waals surface area contributed by atoms with Crippen molar-refractivity contribution in [3.63, 3.8) is 0 Å². The third-order valence-electron chi connectivity index (χ3n) is 5.02. The Balaban J connectivity index is 1.59. The van der Waals surface area contributed by atoms with Gasteiger partial charge in [-0.25, -0.2) is 0 Å². The summed E-state index contributed by atoms with van der Waals surface area (Å²) in [5.41, 5.74) is 1.22. The van der Waals surface area contributed by atoms with Crippen molar-refractivity contribution >= 4 is 44.1 Å². The van der Waals surface area contributed by atoms with Crippen LogP contribution in [-0.2, 0) is 0 Å². The molecule has 2 aromatic carbocycles. The van der Waals surface area contributed by atoms with E-state index in [9.17, 15) is 14.7 Å². The normalized spacial score (nSPS) is 14.2. The number of amides is 1. The van der Waals surface area contributed by atoms with E-state index in [1.54, 1.807) is 18.2 Å². The van der Waals surface area contributed by atoms with Crippen molar-refractivity contribution in [2.24, 2.45) is 0 Å². The molecule has 2 heterocycles. The summed E-state index contributed by atoms with van der Waals surface area (Å²) in [6.45, 7) is 2.09. The van der Waals surface area contributed by atoms with Crippen LogP contribution in [0.1, 0.15) is 29.6 Å². The minimum absolute atomic E-state index is 0.300. The zero-order chi connectivity index (χ0) is 19.7. The highest BCUT2D eigenvalue weighted by Gasteiger charge is 2.20. The van der Waals surface area contributed by atoms with Crippen LogP contribution in [0.5, 0.6) is 5.75 Å². The molecule has 1 amide bonds. The molecule has 0 aliphatic carbocycles. The van der Waals surface area contributed by atoms with Crippen LogP contribution in [-0.4, -0.2) is 29.1 Å². The second-order valence-electron chi connectivity index (χ2n) is 6.92. The van der Waals surface area contributed by atoms with Gasteiger partial charge in [0, 0.05) is 34.3 Å². The Labute approximate surface area is 170 Å². The quantitative estimate of drug-likeness (QED) is 0.567. The number of fused-ring (bicyclic) bond motifs is 1. The highest BCUT2D eigenvalue weighted by Crippen LogP contribution is 2.28. The van der Waals surface area contributed by atoms with Gasteiger partial charge in [0.15, 0.2) is 0 Å². The summed E-state index contributed by atoms with van der Waals surface area (Å²) in [6, 6.07) is 12.6. The van der Waals surface area contributed by atoms with Crippen LogP contribution in [0, 0.1) is 0 Å². The van der Waals surface area contributed by atoms with E-state index in [2.05, 4.69) is 31.1 Å². The third-order valence-corrected chi connectivity index (χ3v) is 5.52. The molecule has 3 N–H and O–H groups in total. The van der Waals surface area contributed by atoms with E-state index in [0.29, 0.717) is 16.6 Å². The number of nitrogens with zero attached hydrogens (tertiary/aromatic N) is 1. The van der Waals surface area contributed by atoms with Gasteiger partial charge >= 0.3 is 0 Å². The molecule has 0 bridgehead atoms. The molecule has 1 aromatic heterocycles. The first-order valence-electron chi connectivity index (χ1n) is 9.24. The van der Waals surface area contributed by atoms with Crippen molar-refractivity contribution in [2.45, 2.75) is 19.3 Å². The van der Waals surface area contributed by atoms with Crippen molar-refractivity contribution in [2.75, 3.05) is 23.3 Å². The number of nitrogens with one attached hydrogen (secondary N) is 2. The zero-order valence-corrected chi connectivity index (χ0v) is 16.8. The number of hydrogen-bond acceptors (Lipinski definition) is 4. The van der Waals surface area contributed by atoms with Crippen LogP contribution in [0.2, 0.25) is 0 Å². The lowest BCUT2D eigenvalue weighted by Crippen LogP contribution is -2.29. The van der Waals surface area contributed by atoms with E-state index >= 15 is 0 Å². The predicted octanol–water partition coefficient (Wildman–Crippen LogP) is 4.24. The van der Waals surface area contributed by atoms with Crippen LogP contribution in [0.3, 0.4) is 0 Å². The van der Waals surface area contributed by atoms with E-state index in [1.165, 1.54) is 19.3 Å². The molecule has 0 saturated carbocycles. The summed E-state index contributed by atoms with van der Waals surface area (Å²) in [4.78, 5) is 30.0. The Morgan fingerprint density at radius 3 is 2.50 bits per heavy atom. The Morgan fingerprint density at radius 1 is 1.07 bits per heavy atom. The van der Waals surface area contributed by atoms with Crippen LogP contribution < -0.4 is 15.8 Å². The first-order valence-corrected chi connectivity index (χ1v) is 10.0. The number of aromatic nitrogens is 1. The van der Waals surface area contributed by atoms with Gasteiger partial charge in [-0.05, 0) is 61.7 Å². The maximum atomic E-state index is 12.7. The van der Waals surface area contributed by atoms with E-state index < -0.39 is 11.5 Å². The Kier molecular flexibility index (Phi) is 5.09. The Hall–Kier alpha value is -2.80. The summed E-state index contributed by atoms with van der Waals surface area (Å²) in [6.07, 6.45) is 3.66. The Morgan fingerprint density at radius 2 is 1.79 bits per heavy atom. The third kappa shape index (κ3) is 3.62. The number of pyridine rings is 1. The summed E-state index contributed by atoms with van der Waals surface area (Å²) < 4.78 is 0.738. The predicted molar refractivity (Wildman–Crippen MR) is 114 cm³/mol. The first kappa shape index (κ1) is 18.6. The number of halogens is 1. The number of benzene rings is 2. The maximum Gasteiger partial charge on any atom is 0.265 e. The number of hydrogen-bond donors (Lipinski definition) is 3. The van der Waals surface area contributed by atoms with Crippen molar-refractivity contribution in [1.82, 2.24) is 4.98 Å². The van der Waals surface area contributed by atoms with Crippen molar-refractivity contribution in [1.29, 1.82) is 0 Å². The minimum atomic E-state index is -0.647. The molecule has 4 rings (SSSR count). The fourth-order valence-corrected chi connectivity index (χ4v) is 3.92. The molecule has 28 heavy (non-hydrogen) atoms. The molecule has 1 fully saturated rings. The van der Waals surface area contributed by atoms with Crippen molar-refractivity contribution in [3.8, 4) is 5.75 Å². The number of H-pyrrole nitrogens is 1. The van der Waals surface area contributed by atoms with E-state index in [4.69, 9.17) is 0 Å². The molecule has 1 saturated heterocycles. The van der Waals surface area contributed by atoms with Crippen molar-refractivity contribution < 1.29 is 9.90 Å². The van der Waals surface area contributed by atoms with Crippen LogP contribution in [0.15, 0.2) is 51.7 Å². The van der Waals surface area contributed by atoms with Crippen molar-refractivity contribution in [3.05, 3.63) is 62.9 Å². The lowest BCUT2D eigenvalue weighted by molar-refractivity contribution is 0.102. The molecule has 7 heteroatoms. The summed E-state index contributed by atoms with van der Waals surface area (Å²) >= 11 is 3.33. The molecule has 0 atom stereocenters. The lowest BCUT2D eigenvalue weighted by Gasteiger charge is -2.28. The molecular formula is C21H20BrN3O3. The molecule has 1 aliphatic rings. The minimum Gasteiger partial charge on any atom is -0.506 e. The van der Waals surface area contributed by atoms with Gasteiger partial charge in [0.05, 0.1) is 5.52 Å². The maximum absolute atomic E-state index is 12.7. The lowest BCUT2D eigenvalue weighted by atomic mass is 10.1. The van der Waals surface area contributed by atoms with Crippen LogP contribution in [0.25, 0.3) is 10.9 Å². The van der Waals surface area contributed by atoms with Gasteiger partial charge in [0.25, 0.3) is 11.5 Å². The Bertz CT molecular complexity index is 1090. The molecule has 3 aromatic rings. The second-order valence-corrected chi connectivity index (χ2v) is 7.83. The molecule has 0 radical (unpaired) electrons. The van der Waals surface area contributed by atoms with E-state index in [1.807, 2.05) is 24.3 Å². The topological polar surface area (TPSA) is 85.4 Å². The summed E-state index contributed by atoms with van der Waals surface area (Å²) in [5, 5.41) is 13.6. The number of rotatable bonds is 3. The largest absolute Gasteiger partial charge is 0.506 e. The van der Waals surface area contributed by atoms with Gasteiger partial charge in [-0.1, -0.05) is 15.9 Å². The van der Waals surface area contributed by atoms with Gasteiger partial charge < -0.3 is 20.3 Å². The number of carbonyl (C=O) groups is 1. The highest BCUT2D eigenvalue weighted by molar-refractivity contribution is 9.10. The van der Waals surface area contributed by atoms with E-state index in [-0.39, 0.29) is 11.3 Å². The molecular weight excluding hydrogens is 422 g/mol.